The second-order valence-corrected chi connectivity index (χ2v) is 5.80. The van der Waals surface area contributed by atoms with Crippen molar-refractivity contribution in [1.29, 1.82) is 0 Å². The Kier molecular flexibility index (Phi) is 10.7. The highest BCUT2D eigenvalue weighted by Crippen LogP contribution is 2.12. The van der Waals surface area contributed by atoms with Gasteiger partial charge in [0.2, 0.25) is 0 Å². The van der Waals surface area contributed by atoms with Crippen molar-refractivity contribution in [2.75, 3.05) is 13.2 Å². The molecule has 1 aliphatic carbocycles. The molecule has 5 heteroatoms. The average molecular weight is 443 g/mol. The van der Waals surface area contributed by atoms with Crippen molar-refractivity contribution in [3.63, 3.8) is 0 Å². The molecule has 0 amide bonds. The van der Waals surface area contributed by atoms with Gasteiger partial charge in [-0.2, -0.15) is 0 Å². The van der Waals surface area contributed by atoms with E-state index in [-0.39, 0.29) is 24.0 Å². The van der Waals surface area contributed by atoms with Crippen LogP contribution in [0.3, 0.4) is 0 Å². The quantitative estimate of drug-likeness (QED) is 0.210. The van der Waals surface area contributed by atoms with Gasteiger partial charge in [-0.3, -0.25) is 0 Å². The third kappa shape index (κ3) is 7.21. The van der Waals surface area contributed by atoms with Gasteiger partial charge in [0.25, 0.3) is 0 Å². The summed E-state index contributed by atoms with van der Waals surface area (Å²) in [6.07, 6.45) is 7.64. The Labute approximate surface area is 163 Å². The van der Waals surface area contributed by atoms with Gasteiger partial charge in [-0.05, 0) is 37.3 Å². The highest BCUT2D eigenvalue weighted by atomic mass is 127. The van der Waals surface area contributed by atoms with Crippen LogP contribution in [0.2, 0.25) is 0 Å². The van der Waals surface area contributed by atoms with Crippen molar-refractivity contribution in [3.8, 4) is 0 Å². The van der Waals surface area contributed by atoms with Crippen molar-refractivity contribution in [2.45, 2.75) is 52.3 Å². The van der Waals surface area contributed by atoms with E-state index in [0.29, 0.717) is 19.2 Å². The molecular formula is C19H30IN3O. The predicted octanol–water partition coefficient (Wildman–Crippen LogP) is 4.00. The molecule has 0 aliphatic heterocycles. The first-order valence-corrected chi connectivity index (χ1v) is 8.67. The van der Waals surface area contributed by atoms with Crippen LogP contribution in [0.15, 0.2) is 41.4 Å². The molecule has 0 radical (unpaired) electrons. The van der Waals surface area contributed by atoms with Crippen molar-refractivity contribution < 1.29 is 4.74 Å². The van der Waals surface area contributed by atoms with E-state index in [1.807, 2.05) is 0 Å². The molecule has 1 aromatic rings. The molecule has 0 saturated heterocycles. The number of halogens is 1. The van der Waals surface area contributed by atoms with Crippen LogP contribution in [0.4, 0.5) is 0 Å². The number of aliphatic imine (C=N–C) groups is 1. The maximum atomic E-state index is 5.68. The number of nitrogens with zero attached hydrogens (tertiary/aromatic N) is 1. The summed E-state index contributed by atoms with van der Waals surface area (Å²) in [5.74, 6) is 0.894. The van der Waals surface area contributed by atoms with Crippen molar-refractivity contribution in [2.24, 2.45) is 4.99 Å². The SMILES string of the molecule is CCCOCc1ccccc1CN=C(NCC)NC1CC=CC1.I. The molecule has 1 aromatic carbocycles. The van der Waals surface area contributed by atoms with Crippen LogP contribution >= 0.6 is 24.0 Å². The Bertz CT molecular complexity index is 523. The molecule has 0 saturated carbocycles. The molecule has 0 unspecified atom stereocenters. The largest absolute Gasteiger partial charge is 0.377 e. The van der Waals surface area contributed by atoms with E-state index in [4.69, 9.17) is 9.73 Å². The Morgan fingerprint density at radius 2 is 1.88 bits per heavy atom. The van der Waals surface area contributed by atoms with E-state index in [2.05, 4.69) is 60.9 Å². The van der Waals surface area contributed by atoms with Gasteiger partial charge < -0.3 is 15.4 Å². The topological polar surface area (TPSA) is 45.6 Å². The normalized spacial score (nSPS) is 14.5. The average Bonchev–Trinajstić information content (AvgIpc) is 3.07. The van der Waals surface area contributed by atoms with E-state index in [9.17, 15) is 0 Å². The first-order valence-electron chi connectivity index (χ1n) is 8.67. The van der Waals surface area contributed by atoms with Crippen molar-refractivity contribution >= 4 is 29.9 Å². The van der Waals surface area contributed by atoms with Gasteiger partial charge in [0.1, 0.15) is 0 Å². The summed E-state index contributed by atoms with van der Waals surface area (Å²) in [5.41, 5.74) is 2.45. The summed E-state index contributed by atoms with van der Waals surface area (Å²) >= 11 is 0. The fraction of sp³-hybridized carbons (Fsp3) is 0.526. The Balaban J connectivity index is 0.00000288. The number of nitrogens with one attached hydrogen (secondary N) is 2. The maximum Gasteiger partial charge on any atom is 0.191 e. The molecule has 0 spiro atoms. The fourth-order valence-electron chi connectivity index (χ4n) is 2.59. The minimum absolute atomic E-state index is 0. The zero-order valence-electron chi connectivity index (χ0n) is 14.8. The Hall–Kier alpha value is -1.08. The molecule has 2 rings (SSSR count). The summed E-state index contributed by atoms with van der Waals surface area (Å²) in [7, 11) is 0. The van der Waals surface area contributed by atoms with E-state index in [1.54, 1.807) is 0 Å². The molecule has 134 valence electrons. The second-order valence-electron chi connectivity index (χ2n) is 5.80. The summed E-state index contributed by atoms with van der Waals surface area (Å²) in [5, 5.41) is 6.84. The van der Waals surface area contributed by atoms with Gasteiger partial charge in [-0.25, -0.2) is 4.99 Å². The minimum Gasteiger partial charge on any atom is -0.377 e. The molecule has 2 N–H and O–H groups in total. The number of benzene rings is 1. The summed E-state index contributed by atoms with van der Waals surface area (Å²) in [6.45, 7) is 7.22. The number of hydrogen-bond donors (Lipinski definition) is 2. The highest BCUT2D eigenvalue weighted by Gasteiger charge is 2.11. The van der Waals surface area contributed by atoms with Gasteiger partial charge in [-0.1, -0.05) is 43.3 Å². The standard InChI is InChI=1S/C19H29N3O.HI/c1-3-13-23-15-17-10-6-5-9-16(17)14-21-19(20-4-2)22-18-11-7-8-12-18;/h5-10,18H,3-4,11-15H2,1-2H3,(H2,20,21,22);1H. The van der Waals surface area contributed by atoms with Gasteiger partial charge in [0.15, 0.2) is 5.96 Å². The lowest BCUT2D eigenvalue weighted by molar-refractivity contribution is 0.121. The summed E-state index contributed by atoms with van der Waals surface area (Å²) in [4.78, 5) is 4.75. The van der Waals surface area contributed by atoms with Crippen LogP contribution in [0, 0.1) is 0 Å². The van der Waals surface area contributed by atoms with Crippen LogP contribution in [0.5, 0.6) is 0 Å². The minimum atomic E-state index is 0. The predicted molar refractivity (Wildman–Crippen MR) is 112 cm³/mol. The lowest BCUT2D eigenvalue weighted by atomic mass is 10.1. The third-order valence-electron chi connectivity index (χ3n) is 3.82. The first-order chi connectivity index (χ1) is 11.3. The van der Waals surface area contributed by atoms with Gasteiger partial charge in [0.05, 0.1) is 13.2 Å². The number of hydrogen-bond acceptors (Lipinski definition) is 2. The monoisotopic (exact) mass is 443 g/mol. The van der Waals surface area contributed by atoms with E-state index in [1.165, 1.54) is 11.1 Å². The van der Waals surface area contributed by atoms with E-state index < -0.39 is 0 Å². The van der Waals surface area contributed by atoms with Crippen LogP contribution < -0.4 is 10.6 Å². The Morgan fingerprint density at radius 3 is 2.54 bits per heavy atom. The maximum absolute atomic E-state index is 5.68. The zero-order chi connectivity index (χ0) is 16.3. The van der Waals surface area contributed by atoms with Crippen molar-refractivity contribution in [3.05, 3.63) is 47.5 Å². The van der Waals surface area contributed by atoms with Crippen molar-refractivity contribution in [1.82, 2.24) is 10.6 Å². The molecule has 0 aromatic heterocycles. The molecule has 0 atom stereocenters. The first kappa shape index (κ1) is 21.0. The number of rotatable bonds is 8. The number of guanidine groups is 1. The van der Waals surface area contributed by atoms with E-state index >= 15 is 0 Å². The molecule has 4 nitrogen and oxygen atoms in total. The highest BCUT2D eigenvalue weighted by molar-refractivity contribution is 14.0. The molecule has 0 heterocycles. The Morgan fingerprint density at radius 1 is 1.17 bits per heavy atom. The molecule has 0 bridgehead atoms. The number of ether oxygens (including phenoxy) is 1. The smallest absolute Gasteiger partial charge is 0.191 e. The fourth-order valence-corrected chi connectivity index (χ4v) is 2.59. The van der Waals surface area contributed by atoms with Crippen LogP contribution in [0.1, 0.15) is 44.2 Å². The summed E-state index contributed by atoms with van der Waals surface area (Å²) in [6, 6.07) is 8.85. The van der Waals surface area contributed by atoms with Gasteiger partial charge >= 0.3 is 0 Å². The zero-order valence-corrected chi connectivity index (χ0v) is 17.1. The summed E-state index contributed by atoms with van der Waals surface area (Å²) < 4.78 is 5.68. The van der Waals surface area contributed by atoms with Crippen LogP contribution in [0.25, 0.3) is 0 Å². The third-order valence-corrected chi connectivity index (χ3v) is 3.82. The van der Waals surface area contributed by atoms with Crippen LogP contribution in [-0.2, 0) is 17.9 Å². The molecule has 24 heavy (non-hydrogen) atoms. The van der Waals surface area contributed by atoms with Gasteiger partial charge in [0, 0.05) is 19.2 Å². The van der Waals surface area contributed by atoms with Crippen LogP contribution in [-0.4, -0.2) is 25.2 Å². The second kappa shape index (κ2) is 12.3. The lowest BCUT2D eigenvalue weighted by Gasteiger charge is -2.17. The van der Waals surface area contributed by atoms with E-state index in [0.717, 1.165) is 38.4 Å². The van der Waals surface area contributed by atoms with Gasteiger partial charge in [-0.15, -0.1) is 24.0 Å². The molecular weight excluding hydrogens is 413 g/mol. The molecule has 0 fully saturated rings. The lowest BCUT2D eigenvalue weighted by Crippen LogP contribution is -2.42. The molecule has 1 aliphatic rings.